The lowest BCUT2D eigenvalue weighted by Gasteiger charge is -2.08. The first-order valence-electron chi connectivity index (χ1n) is 7.53. The van der Waals surface area contributed by atoms with E-state index >= 15 is 0 Å². The number of halogens is 2. The summed E-state index contributed by atoms with van der Waals surface area (Å²) in [6.07, 6.45) is 3.24. The molecule has 122 valence electrons. The quantitative estimate of drug-likeness (QED) is 0.304. The van der Waals surface area contributed by atoms with E-state index in [9.17, 15) is 5.21 Å². The van der Waals surface area contributed by atoms with Crippen LogP contribution in [0.15, 0.2) is 47.6 Å². The van der Waals surface area contributed by atoms with E-state index in [4.69, 9.17) is 28.3 Å². The second-order valence-electron chi connectivity index (χ2n) is 5.28. The zero-order valence-corrected chi connectivity index (χ0v) is 14.2. The van der Waals surface area contributed by atoms with Gasteiger partial charge in [0, 0.05) is 22.2 Å². The normalized spacial score (nSPS) is 11.7. The van der Waals surface area contributed by atoms with Gasteiger partial charge >= 0.3 is 0 Å². The van der Waals surface area contributed by atoms with E-state index in [1.54, 1.807) is 12.1 Å². The summed E-state index contributed by atoms with van der Waals surface area (Å²) in [4.78, 5) is 0. The summed E-state index contributed by atoms with van der Waals surface area (Å²) in [5.41, 5.74) is 3.42. The summed E-state index contributed by atoms with van der Waals surface area (Å²) in [6, 6.07) is 13.1. The largest absolute Gasteiger partial charge is 0.411 e. The highest BCUT2D eigenvalue weighted by molar-refractivity contribution is 6.36. The average molecular weight is 352 g/mol. The molecule has 0 aliphatic carbocycles. The molecule has 0 radical (unpaired) electrons. The van der Waals surface area contributed by atoms with Crippen LogP contribution in [-0.4, -0.2) is 22.6 Å². The summed E-state index contributed by atoms with van der Waals surface area (Å²) in [5, 5.41) is 22.6. The number of aliphatic hydroxyl groups excluding tert-OH is 1. The minimum atomic E-state index is 0.197. The van der Waals surface area contributed by atoms with Crippen molar-refractivity contribution in [2.24, 2.45) is 5.16 Å². The molecule has 0 aromatic heterocycles. The molecule has 2 aromatic carbocycles. The average Bonchev–Trinajstić information content (AvgIpc) is 2.55. The Hall–Kier alpha value is -1.55. The molecular weight excluding hydrogens is 333 g/mol. The Morgan fingerprint density at radius 1 is 0.957 bits per heavy atom. The first-order chi connectivity index (χ1) is 11.2. The van der Waals surface area contributed by atoms with E-state index in [0.29, 0.717) is 22.2 Å². The highest BCUT2D eigenvalue weighted by atomic mass is 35.5. The summed E-state index contributed by atoms with van der Waals surface area (Å²) in [6.45, 7) is 0.197. The number of oxime groups is 1. The van der Waals surface area contributed by atoms with Crippen molar-refractivity contribution in [2.45, 2.75) is 25.7 Å². The first kappa shape index (κ1) is 17.8. The van der Waals surface area contributed by atoms with Crippen LogP contribution in [0.3, 0.4) is 0 Å². The minimum absolute atomic E-state index is 0.197. The number of nitrogens with zero attached hydrogens (tertiary/aromatic N) is 1. The number of benzene rings is 2. The Bertz CT molecular complexity index is 669. The number of hydrogen-bond acceptors (Lipinski definition) is 3. The van der Waals surface area contributed by atoms with Crippen molar-refractivity contribution < 1.29 is 10.3 Å². The molecule has 23 heavy (non-hydrogen) atoms. The maximum Gasteiger partial charge on any atom is 0.0867 e. The Labute approximate surface area is 146 Å². The van der Waals surface area contributed by atoms with Crippen LogP contribution in [0, 0.1) is 0 Å². The third-order valence-corrected chi connectivity index (χ3v) is 4.20. The molecule has 2 N–H and O–H groups in total. The zero-order valence-electron chi connectivity index (χ0n) is 12.7. The molecular formula is C18H19Cl2NO2. The number of unbranched alkanes of at least 4 members (excludes halogenated alkanes) is 2. The standard InChI is InChI=1S/C18H19Cl2NO2/c19-15-9-10-16(17(20)12-15)13-5-7-14(8-6-13)18(21-23)4-2-1-3-11-22/h5-10,12,22-23H,1-4,11H2/b21-18-. The second kappa shape index (κ2) is 8.92. The molecule has 2 rings (SSSR count). The van der Waals surface area contributed by atoms with Gasteiger partial charge in [0.05, 0.1) is 5.71 Å². The van der Waals surface area contributed by atoms with E-state index in [0.717, 1.165) is 36.0 Å². The highest BCUT2D eigenvalue weighted by Crippen LogP contribution is 2.30. The van der Waals surface area contributed by atoms with Crippen LogP contribution in [0.5, 0.6) is 0 Å². The summed E-state index contributed by atoms with van der Waals surface area (Å²) >= 11 is 12.1. The van der Waals surface area contributed by atoms with Crippen LogP contribution >= 0.6 is 23.2 Å². The lowest BCUT2D eigenvalue weighted by atomic mass is 9.99. The molecule has 3 nitrogen and oxygen atoms in total. The molecule has 0 amide bonds. The van der Waals surface area contributed by atoms with Gasteiger partial charge in [-0.05, 0) is 42.5 Å². The van der Waals surface area contributed by atoms with Crippen molar-refractivity contribution in [3.63, 3.8) is 0 Å². The number of rotatable bonds is 7. The third-order valence-electron chi connectivity index (χ3n) is 3.65. The van der Waals surface area contributed by atoms with Crippen molar-refractivity contribution in [1.82, 2.24) is 0 Å². The Kier molecular flexibility index (Phi) is 6.90. The van der Waals surface area contributed by atoms with Crippen molar-refractivity contribution in [3.8, 4) is 11.1 Å². The molecule has 2 aromatic rings. The Morgan fingerprint density at radius 3 is 2.30 bits per heavy atom. The van der Waals surface area contributed by atoms with E-state index < -0.39 is 0 Å². The first-order valence-corrected chi connectivity index (χ1v) is 8.29. The molecule has 0 spiro atoms. The van der Waals surface area contributed by atoms with Gasteiger partial charge in [0.1, 0.15) is 0 Å². The molecule has 0 aliphatic heterocycles. The van der Waals surface area contributed by atoms with Gasteiger partial charge in [-0.2, -0.15) is 0 Å². The number of aliphatic hydroxyl groups is 1. The second-order valence-corrected chi connectivity index (χ2v) is 6.13. The van der Waals surface area contributed by atoms with E-state index in [1.807, 2.05) is 30.3 Å². The zero-order chi connectivity index (χ0) is 16.7. The fourth-order valence-electron chi connectivity index (χ4n) is 2.40. The van der Waals surface area contributed by atoms with Gasteiger partial charge in [-0.15, -0.1) is 0 Å². The van der Waals surface area contributed by atoms with E-state index in [2.05, 4.69) is 5.16 Å². The molecule has 0 aliphatic rings. The molecule has 0 fully saturated rings. The van der Waals surface area contributed by atoms with Gasteiger partial charge in [-0.3, -0.25) is 0 Å². The Balaban J connectivity index is 2.11. The molecule has 5 heteroatoms. The molecule has 0 saturated carbocycles. The van der Waals surface area contributed by atoms with E-state index in [-0.39, 0.29) is 6.61 Å². The number of hydrogen-bond donors (Lipinski definition) is 2. The van der Waals surface area contributed by atoms with Crippen LogP contribution in [0.25, 0.3) is 11.1 Å². The fourth-order valence-corrected chi connectivity index (χ4v) is 2.92. The van der Waals surface area contributed by atoms with Gasteiger partial charge in [0.2, 0.25) is 0 Å². The van der Waals surface area contributed by atoms with Crippen LogP contribution in [0.2, 0.25) is 10.0 Å². The highest BCUT2D eigenvalue weighted by Gasteiger charge is 2.07. The van der Waals surface area contributed by atoms with Gasteiger partial charge in [-0.25, -0.2) is 0 Å². The topological polar surface area (TPSA) is 52.8 Å². The maximum atomic E-state index is 9.20. The van der Waals surface area contributed by atoms with Crippen molar-refractivity contribution >= 4 is 28.9 Å². The SMILES string of the molecule is OCCCCC/C(=N/O)c1ccc(-c2ccc(Cl)cc2Cl)cc1. The van der Waals surface area contributed by atoms with Crippen LogP contribution in [0.1, 0.15) is 31.2 Å². The molecule has 0 saturated heterocycles. The maximum absolute atomic E-state index is 9.20. The molecule has 0 atom stereocenters. The van der Waals surface area contributed by atoms with Crippen molar-refractivity contribution in [1.29, 1.82) is 0 Å². The van der Waals surface area contributed by atoms with Gasteiger partial charge in [0.15, 0.2) is 0 Å². The molecule has 0 heterocycles. The Morgan fingerprint density at radius 2 is 1.70 bits per heavy atom. The summed E-state index contributed by atoms with van der Waals surface area (Å²) in [5.74, 6) is 0. The van der Waals surface area contributed by atoms with Crippen LogP contribution in [0.4, 0.5) is 0 Å². The van der Waals surface area contributed by atoms with Crippen molar-refractivity contribution in [3.05, 3.63) is 58.1 Å². The molecule has 0 bridgehead atoms. The smallest absolute Gasteiger partial charge is 0.0867 e. The lowest BCUT2D eigenvalue weighted by molar-refractivity contribution is 0.283. The van der Waals surface area contributed by atoms with Crippen molar-refractivity contribution in [2.75, 3.05) is 6.61 Å². The predicted molar refractivity (Wildman–Crippen MR) is 95.8 cm³/mol. The third kappa shape index (κ3) is 4.96. The van der Waals surface area contributed by atoms with Crippen LogP contribution < -0.4 is 0 Å². The minimum Gasteiger partial charge on any atom is -0.411 e. The van der Waals surface area contributed by atoms with Crippen LogP contribution in [-0.2, 0) is 0 Å². The predicted octanol–water partition coefficient (Wildman–Crippen LogP) is 5.39. The monoisotopic (exact) mass is 351 g/mol. The van der Waals surface area contributed by atoms with Gasteiger partial charge < -0.3 is 10.3 Å². The molecule has 0 unspecified atom stereocenters. The van der Waals surface area contributed by atoms with E-state index in [1.165, 1.54) is 0 Å². The summed E-state index contributed by atoms with van der Waals surface area (Å²) < 4.78 is 0. The van der Waals surface area contributed by atoms with Gasteiger partial charge in [0.25, 0.3) is 0 Å². The lowest BCUT2D eigenvalue weighted by Crippen LogP contribution is -2.01. The van der Waals surface area contributed by atoms with Gasteiger partial charge in [-0.1, -0.05) is 65.1 Å². The summed E-state index contributed by atoms with van der Waals surface area (Å²) in [7, 11) is 0. The fraction of sp³-hybridized carbons (Fsp3) is 0.278.